The highest BCUT2D eigenvalue weighted by atomic mass is 32.1. The second kappa shape index (κ2) is 6.85. The minimum Gasteiger partial charge on any atom is -0.393 e. The highest BCUT2D eigenvalue weighted by Gasteiger charge is 2.19. The van der Waals surface area contributed by atoms with Crippen LogP contribution < -0.4 is 4.80 Å². The first-order valence-corrected chi connectivity index (χ1v) is 9.11. The van der Waals surface area contributed by atoms with Gasteiger partial charge in [0.1, 0.15) is 5.01 Å². The predicted octanol–water partition coefficient (Wildman–Crippen LogP) is 1.53. The van der Waals surface area contributed by atoms with Gasteiger partial charge in [0.2, 0.25) is 10.6 Å². The van der Waals surface area contributed by atoms with Crippen molar-refractivity contribution in [3.05, 3.63) is 29.1 Å². The van der Waals surface area contributed by atoms with Gasteiger partial charge in [-0.25, -0.2) is 4.68 Å². The van der Waals surface area contributed by atoms with E-state index in [1.807, 2.05) is 36.0 Å². The summed E-state index contributed by atoms with van der Waals surface area (Å²) in [5.74, 6) is 0.572. The molecule has 0 spiro atoms. The van der Waals surface area contributed by atoms with E-state index in [1.54, 1.807) is 11.3 Å². The summed E-state index contributed by atoms with van der Waals surface area (Å²) in [4.78, 5) is 5.68. The Morgan fingerprint density at radius 1 is 1.24 bits per heavy atom. The van der Waals surface area contributed by atoms with Crippen molar-refractivity contribution in [3.8, 4) is 22.0 Å². The molecule has 2 unspecified atom stereocenters. The minimum atomic E-state index is -0.224. The Labute approximate surface area is 148 Å². The van der Waals surface area contributed by atoms with Gasteiger partial charge in [0.05, 0.1) is 12.1 Å². The molecule has 2 atom stereocenters. The summed E-state index contributed by atoms with van der Waals surface area (Å²) in [5.41, 5.74) is 1.93. The molecule has 1 aliphatic carbocycles. The third-order valence-corrected chi connectivity index (χ3v) is 5.42. The first-order valence-electron chi connectivity index (χ1n) is 8.29. The van der Waals surface area contributed by atoms with Gasteiger partial charge < -0.3 is 5.11 Å². The number of hydrogen-bond donors (Lipinski definition) is 2. The van der Waals surface area contributed by atoms with E-state index in [9.17, 15) is 5.11 Å². The van der Waals surface area contributed by atoms with Gasteiger partial charge in [0.15, 0.2) is 0 Å². The molecule has 0 radical (unpaired) electrons. The van der Waals surface area contributed by atoms with Gasteiger partial charge in [-0.3, -0.25) is 4.99 Å². The monoisotopic (exact) mass is 357 g/mol. The van der Waals surface area contributed by atoms with Crippen LogP contribution in [0.1, 0.15) is 25.7 Å². The maximum Gasteiger partial charge on any atom is 0.204 e. The average molecular weight is 357 g/mol. The number of aryl methyl sites for hydroxylation is 1. The highest BCUT2D eigenvalue weighted by molar-refractivity contribution is 7.12. The first kappa shape index (κ1) is 16.1. The molecule has 1 fully saturated rings. The summed E-state index contributed by atoms with van der Waals surface area (Å²) in [7, 11) is 1.91. The van der Waals surface area contributed by atoms with E-state index in [0.29, 0.717) is 5.82 Å². The van der Waals surface area contributed by atoms with E-state index in [1.165, 1.54) is 0 Å². The number of H-pyrrole nitrogens is 1. The number of aromatic amines is 1. The Kier molecular flexibility index (Phi) is 4.41. The lowest BCUT2D eigenvalue weighted by Crippen LogP contribution is -2.25. The number of hydrogen-bond acceptors (Lipinski definition) is 7. The van der Waals surface area contributed by atoms with Gasteiger partial charge in [-0.05, 0) is 30.9 Å². The molecule has 9 heteroatoms. The Hall–Kier alpha value is -2.39. The molecule has 0 amide bonds. The van der Waals surface area contributed by atoms with E-state index in [2.05, 4.69) is 25.7 Å². The molecule has 0 saturated heterocycles. The molecule has 130 valence electrons. The molecule has 1 aromatic carbocycles. The smallest absolute Gasteiger partial charge is 0.204 e. The summed E-state index contributed by atoms with van der Waals surface area (Å²) in [6, 6.07) is 8.09. The molecule has 1 saturated carbocycles. The van der Waals surface area contributed by atoms with Crippen molar-refractivity contribution >= 4 is 11.3 Å². The average Bonchev–Trinajstić information content (AvgIpc) is 3.26. The molecule has 0 aliphatic heterocycles. The second-order valence-electron chi connectivity index (χ2n) is 6.23. The number of benzene rings is 1. The molecular formula is C16H19N7OS. The van der Waals surface area contributed by atoms with Crippen LogP contribution in [0.25, 0.3) is 22.0 Å². The van der Waals surface area contributed by atoms with Crippen LogP contribution in [-0.2, 0) is 7.05 Å². The van der Waals surface area contributed by atoms with E-state index >= 15 is 0 Å². The largest absolute Gasteiger partial charge is 0.393 e. The standard InChI is InChI=1S/C16H19N7OS/c1-23-16(17-12-3-2-4-13(24)9-12)25-15(20-23)11-7-5-10(6-8-11)14-18-21-22-19-14/h5-8,12-13,24H,2-4,9H2,1H3,(H,18,19,21,22). The summed E-state index contributed by atoms with van der Waals surface area (Å²) in [6.07, 6.45) is 3.47. The Bertz CT molecular complexity index is 897. The Morgan fingerprint density at radius 2 is 2.04 bits per heavy atom. The summed E-state index contributed by atoms with van der Waals surface area (Å²) in [6.45, 7) is 0. The zero-order valence-electron chi connectivity index (χ0n) is 13.8. The van der Waals surface area contributed by atoms with Gasteiger partial charge in [0, 0.05) is 18.2 Å². The summed E-state index contributed by atoms with van der Waals surface area (Å²) in [5, 5.41) is 29.3. The zero-order chi connectivity index (χ0) is 17.2. The SMILES string of the molecule is Cn1nc(-c2ccc(-c3nn[nH]n3)cc2)sc1=NC1CCCC(O)C1. The summed E-state index contributed by atoms with van der Waals surface area (Å²) < 4.78 is 1.81. The lowest BCUT2D eigenvalue weighted by atomic mass is 9.94. The molecule has 8 nitrogen and oxygen atoms in total. The van der Waals surface area contributed by atoms with Crippen LogP contribution in [0.15, 0.2) is 29.3 Å². The van der Waals surface area contributed by atoms with Crippen molar-refractivity contribution in [1.82, 2.24) is 30.4 Å². The van der Waals surface area contributed by atoms with Crippen molar-refractivity contribution in [2.45, 2.75) is 37.8 Å². The lowest BCUT2D eigenvalue weighted by molar-refractivity contribution is 0.120. The number of aliphatic hydroxyl groups excluding tert-OH is 1. The van der Waals surface area contributed by atoms with E-state index in [-0.39, 0.29) is 12.1 Å². The van der Waals surface area contributed by atoms with Crippen molar-refractivity contribution < 1.29 is 5.11 Å². The molecule has 3 aromatic rings. The van der Waals surface area contributed by atoms with Crippen LogP contribution in [0.5, 0.6) is 0 Å². The van der Waals surface area contributed by atoms with Crippen molar-refractivity contribution in [1.29, 1.82) is 0 Å². The van der Waals surface area contributed by atoms with Crippen molar-refractivity contribution in [2.24, 2.45) is 12.0 Å². The minimum absolute atomic E-state index is 0.184. The van der Waals surface area contributed by atoms with Gasteiger partial charge >= 0.3 is 0 Å². The number of rotatable bonds is 3. The van der Waals surface area contributed by atoms with Crippen LogP contribution in [-0.4, -0.2) is 47.7 Å². The van der Waals surface area contributed by atoms with Gasteiger partial charge in [-0.15, -0.1) is 10.2 Å². The van der Waals surface area contributed by atoms with Gasteiger partial charge in [0.25, 0.3) is 0 Å². The molecule has 2 aromatic heterocycles. The number of tetrazole rings is 1. The van der Waals surface area contributed by atoms with Crippen molar-refractivity contribution in [2.75, 3.05) is 0 Å². The van der Waals surface area contributed by atoms with Gasteiger partial charge in [-0.2, -0.15) is 10.3 Å². The van der Waals surface area contributed by atoms with Crippen molar-refractivity contribution in [3.63, 3.8) is 0 Å². The number of nitrogens with one attached hydrogen (secondary N) is 1. The first-order chi connectivity index (χ1) is 12.2. The van der Waals surface area contributed by atoms with Gasteiger partial charge in [-0.1, -0.05) is 35.6 Å². The van der Waals surface area contributed by atoms with Crippen LogP contribution >= 0.6 is 11.3 Å². The Balaban J connectivity index is 1.59. The lowest BCUT2D eigenvalue weighted by Gasteiger charge is -2.22. The molecule has 0 bridgehead atoms. The fourth-order valence-corrected chi connectivity index (χ4v) is 4.00. The molecule has 1 aliphatic rings. The normalized spacial score (nSPS) is 21.6. The number of aliphatic hydroxyl groups is 1. The maximum atomic E-state index is 9.82. The molecular weight excluding hydrogens is 338 g/mol. The van der Waals surface area contributed by atoms with E-state index in [4.69, 9.17) is 4.99 Å². The Morgan fingerprint density at radius 3 is 2.76 bits per heavy atom. The molecule has 2 N–H and O–H groups in total. The summed E-state index contributed by atoms with van der Waals surface area (Å²) >= 11 is 1.56. The number of nitrogens with zero attached hydrogens (tertiary/aromatic N) is 6. The third-order valence-electron chi connectivity index (χ3n) is 4.35. The zero-order valence-corrected chi connectivity index (χ0v) is 14.6. The van der Waals surface area contributed by atoms with E-state index in [0.717, 1.165) is 46.6 Å². The fourth-order valence-electron chi connectivity index (χ4n) is 3.04. The fraction of sp³-hybridized carbons (Fsp3) is 0.438. The van der Waals surface area contributed by atoms with Crippen LogP contribution in [0.4, 0.5) is 0 Å². The van der Waals surface area contributed by atoms with Crippen LogP contribution in [0.2, 0.25) is 0 Å². The van der Waals surface area contributed by atoms with Crippen LogP contribution in [0, 0.1) is 0 Å². The quantitative estimate of drug-likeness (QED) is 0.740. The second-order valence-corrected chi connectivity index (χ2v) is 7.19. The highest BCUT2D eigenvalue weighted by Crippen LogP contribution is 2.24. The topological polar surface area (TPSA) is 105 Å². The molecule has 2 heterocycles. The number of aromatic nitrogens is 6. The maximum absolute atomic E-state index is 9.82. The predicted molar refractivity (Wildman–Crippen MR) is 93.5 cm³/mol. The third kappa shape index (κ3) is 3.52. The van der Waals surface area contributed by atoms with Crippen LogP contribution in [0.3, 0.4) is 0 Å². The molecule has 25 heavy (non-hydrogen) atoms. The van der Waals surface area contributed by atoms with E-state index < -0.39 is 0 Å². The molecule has 4 rings (SSSR count).